The van der Waals surface area contributed by atoms with Crippen LogP contribution in [0, 0.1) is 0 Å². The van der Waals surface area contributed by atoms with Crippen LogP contribution >= 0.6 is 0 Å². The molecule has 1 amide bonds. The molecule has 25 heavy (non-hydrogen) atoms. The van der Waals surface area contributed by atoms with Gasteiger partial charge >= 0.3 is 5.63 Å². The fourth-order valence-electron chi connectivity index (χ4n) is 2.96. The number of carbonyl (C=O) groups excluding carboxylic acids is 1. The van der Waals surface area contributed by atoms with E-state index >= 15 is 0 Å². The number of nitrogens with zero attached hydrogens (tertiary/aromatic N) is 2. The van der Waals surface area contributed by atoms with Gasteiger partial charge in [-0.15, -0.1) is 0 Å². The lowest BCUT2D eigenvalue weighted by Crippen LogP contribution is -2.43. The summed E-state index contributed by atoms with van der Waals surface area (Å²) in [6.45, 7) is 1.17. The van der Waals surface area contributed by atoms with Crippen molar-refractivity contribution in [3.8, 4) is 0 Å². The number of pyridine rings is 1. The SMILES string of the molecule is O=C(c1cc2ccccc2oc1=O)N1CCOC(c2ccccn2)C1. The molecular formula is C19H16N2O4. The summed E-state index contributed by atoms with van der Waals surface area (Å²) in [5, 5.41) is 0.722. The predicted molar refractivity (Wildman–Crippen MR) is 91.3 cm³/mol. The summed E-state index contributed by atoms with van der Waals surface area (Å²) < 4.78 is 11.0. The zero-order valence-electron chi connectivity index (χ0n) is 13.4. The highest BCUT2D eigenvalue weighted by molar-refractivity contribution is 5.96. The summed E-state index contributed by atoms with van der Waals surface area (Å²) in [5.74, 6) is -0.344. The molecule has 0 aliphatic carbocycles. The Morgan fingerprint density at radius 2 is 2.00 bits per heavy atom. The van der Waals surface area contributed by atoms with Crippen LogP contribution in [0.3, 0.4) is 0 Å². The normalized spacial score (nSPS) is 17.6. The molecule has 6 heteroatoms. The molecule has 3 heterocycles. The van der Waals surface area contributed by atoms with Crippen molar-refractivity contribution in [3.05, 3.63) is 76.4 Å². The topological polar surface area (TPSA) is 72.6 Å². The Kier molecular flexibility index (Phi) is 4.03. The molecule has 1 fully saturated rings. The molecule has 0 saturated carbocycles. The number of benzene rings is 1. The van der Waals surface area contributed by atoms with Crippen LogP contribution in [0.4, 0.5) is 0 Å². The summed E-state index contributed by atoms with van der Waals surface area (Å²) in [6, 6.07) is 14.3. The molecule has 2 aromatic heterocycles. The Labute approximate surface area is 143 Å². The van der Waals surface area contributed by atoms with Gasteiger partial charge in [-0.2, -0.15) is 0 Å². The second-order valence-corrected chi connectivity index (χ2v) is 5.85. The van der Waals surface area contributed by atoms with Crippen LogP contribution in [0.15, 0.2) is 63.9 Å². The van der Waals surface area contributed by atoms with Gasteiger partial charge in [0.25, 0.3) is 5.91 Å². The molecule has 1 aromatic carbocycles. The van der Waals surface area contributed by atoms with E-state index in [1.807, 2.05) is 30.3 Å². The predicted octanol–water partition coefficient (Wildman–Crippen LogP) is 2.40. The van der Waals surface area contributed by atoms with Gasteiger partial charge in [0, 0.05) is 18.1 Å². The second kappa shape index (κ2) is 6.49. The number of rotatable bonds is 2. The first-order chi connectivity index (χ1) is 12.2. The molecule has 4 rings (SSSR count). The van der Waals surface area contributed by atoms with E-state index in [-0.39, 0.29) is 17.6 Å². The maximum absolute atomic E-state index is 12.8. The summed E-state index contributed by atoms with van der Waals surface area (Å²) in [7, 11) is 0. The second-order valence-electron chi connectivity index (χ2n) is 5.85. The first kappa shape index (κ1) is 15.5. The van der Waals surface area contributed by atoms with Crippen LogP contribution in [0.2, 0.25) is 0 Å². The number of para-hydroxylation sites is 1. The van der Waals surface area contributed by atoms with Crippen molar-refractivity contribution >= 4 is 16.9 Å². The Balaban J connectivity index is 1.62. The molecule has 0 radical (unpaired) electrons. The van der Waals surface area contributed by atoms with Gasteiger partial charge in [0.15, 0.2) is 0 Å². The average molecular weight is 336 g/mol. The third-order valence-corrected chi connectivity index (χ3v) is 4.24. The Hall–Kier alpha value is -2.99. The van der Waals surface area contributed by atoms with E-state index in [4.69, 9.17) is 9.15 Å². The molecule has 1 saturated heterocycles. The monoisotopic (exact) mass is 336 g/mol. The largest absolute Gasteiger partial charge is 0.422 e. The third-order valence-electron chi connectivity index (χ3n) is 4.24. The first-order valence-corrected chi connectivity index (χ1v) is 8.07. The molecular weight excluding hydrogens is 320 g/mol. The molecule has 6 nitrogen and oxygen atoms in total. The first-order valence-electron chi connectivity index (χ1n) is 8.07. The summed E-state index contributed by atoms with van der Waals surface area (Å²) >= 11 is 0. The van der Waals surface area contributed by atoms with E-state index in [0.717, 1.165) is 11.1 Å². The van der Waals surface area contributed by atoms with E-state index in [0.29, 0.717) is 25.3 Å². The van der Waals surface area contributed by atoms with E-state index < -0.39 is 5.63 Å². The lowest BCUT2D eigenvalue weighted by atomic mass is 10.1. The number of fused-ring (bicyclic) bond motifs is 1. The third kappa shape index (κ3) is 3.04. The number of aromatic nitrogens is 1. The fourth-order valence-corrected chi connectivity index (χ4v) is 2.96. The maximum Gasteiger partial charge on any atom is 0.349 e. The number of hydrogen-bond acceptors (Lipinski definition) is 5. The minimum absolute atomic E-state index is 0.0420. The quantitative estimate of drug-likeness (QED) is 0.672. The minimum atomic E-state index is -0.621. The average Bonchev–Trinajstić information content (AvgIpc) is 2.68. The zero-order valence-corrected chi connectivity index (χ0v) is 13.4. The molecule has 126 valence electrons. The number of hydrogen-bond donors (Lipinski definition) is 0. The van der Waals surface area contributed by atoms with Crippen molar-refractivity contribution in [2.45, 2.75) is 6.10 Å². The lowest BCUT2D eigenvalue weighted by Gasteiger charge is -2.32. The maximum atomic E-state index is 12.8. The number of morpholine rings is 1. The molecule has 3 aromatic rings. The Bertz CT molecular complexity index is 968. The van der Waals surface area contributed by atoms with Gasteiger partial charge in [-0.05, 0) is 24.3 Å². The zero-order chi connectivity index (χ0) is 17.2. The van der Waals surface area contributed by atoms with E-state index in [1.54, 1.807) is 29.3 Å². The van der Waals surface area contributed by atoms with E-state index in [2.05, 4.69) is 4.98 Å². The lowest BCUT2D eigenvalue weighted by molar-refractivity contribution is -0.0248. The van der Waals surface area contributed by atoms with Crippen molar-refractivity contribution in [1.29, 1.82) is 0 Å². The van der Waals surface area contributed by atoms with Gasteiger partial charge in [-0.25, -0.2) is 4.79 Å². The summed E-state index contributed by atoms with van der Waals surface area (Å²) in [6.07, 6.45) is 1.39. The molecule has 0 bridgehead atoms. The van der Waals surface area contributed by atoms with Crippen molar-refractivity contribution < 1.29 is 13.9 Å². The highest BCUT2D eigenvalue weighted by Crippen LogP contribution is 2.22. The van der Waals surface area contributed by atoms with Gasteiger partial charge in [0.2, 0.25) is 0 Å². The van der Waals surface area contributed by atoms with Crippen LogP contribution < -0.4 is 5.63 Å². The standard InChI is InChI=1S/C19H16N2O4/c22-18(14-11-13-5-1-2-7-16(13)25-19(14)23)21-9-10-24-17(12-21)15-6-3-4-8-20-15/h1-8,11,17H,9-10,12H2. The van der Waals surface area contributed by atoms with Crippen LogP contribution in [0.5, 0.6) is 0 Å². The van der Waals surface area contributed by atoms with Crippen LogP contribution in [0.1, 0.15) is 22.2 Å². The molecule has 1 aliphatic heterocycles. The van der Waals surface area contributed by atoms with Crippen molar-refractivity contribution in [2.24, 2.45) is 0 Å². The highest BCUT2D eigenvalue weighted by Gasteiger charge is 2.28. The molecule has 0 N–H and O–H groups in total. The van der Waals surface area contributed by atoms with E-state index in [1.165, 1.54) is 0 Å². The summed E-state index contributed by atoms with van der Waals surface area (Å²) in [4.78, 5) is 30.9. The van der Waals surface area contributed by atoms with Crippen LogP contribution in [-0.4, -0.2) is 35.5 Å². The van der Waals surface area contributed by atoms with Gasteiger partial charge in [-0.3, -0.25) is 9.78 Å². The van der Waals surface area contributed by atoms with Crippen molar-refractivity contribution in [1.82, 2.24) is 9.88 Å². The smallest absolute Gasteiger partial charge is 0.349 e. The summed E-state index contributed by atoms with van der Waals surface area (Å²) in [5.41, 5.74) is 0.660. The van der Waals surface area contributed by atoms with Crippen LogP contribution in [-0.2, 0) is 4.74 Å². The highest BCUT2D eigenvalue weighted by atomic mass is 16.5. The molecule has 0 spiro atoms. The number of carbonyl (C=O) groups is 1. The Morgan fingerprint density at radius 1 is 1.16 bits per heavy atom. The van der Waals surface area contributed by atoms with E-state index in [9.17, 15) is 9.59 Å². The van der Waals surface area contributed by atoms with Gasteiger partial charge in [-0.1, -0.05) is 24.3 Å². The Morgan fingerprint density at radius 3 is 2.84 bits per heavy atom. The number of amides is 1. The van der Waals surface area contributed by atoms with Crippen LogP contribution in [0.25, 0.3) is 11.0 Å². The molecule has 1 aliphatic rings. The van der Waals surface area contributed by atoms with Crippen molar-refractivity contribution in [2.75, 3.05) is 19.7 Å². The molecule has 1 unspecified atom stereocenters. The molecule has 1 atom stereocenters. The van der Waals surface area contributed by atoms with Gasteiger partial charge in [0.1, 0.15) is 17.3 Å². The fraction of sp³-hybridized carbons (Fsp3) is 0.211. The van der Waals surface area contributed by atoms with Gasteiger partial charge < -0.3 is 14.1 Å². The number of ether oxygens (including phenoxy) is 1. The minimum Gasteiger partial charge on any atom is -0.422 e. The van der Waals surface area contributed by atoms with Crippen molar-refractivity contribution in [3.63, 3.8) is 0 Å². The van der Waals surface area contributed by atoms with Gasteiger partial charge in [0.05, 0.1) is 18.8 Å².